The van der Waals surface area contributed by atoms with E-state index in [0.717, 1.165) is 19.3 Å². The first-order chi connectivity index (χ1) is 9.54. The van der Waals surface area contributed by atoms with E-state index in [1.165, 1.54) is 18.4 Å². The van der Waals surface area contributed by atoms with Crippen molar-refractivity contribution >= 4 is 12.0 Å². The molecule has 1 aliphatic carbocycles. The molecule has 0 saturated carbocycles. The van der Waals surface area contributed by atoms with E-state index in [4.69, 9.17) is 5.11 Å². The van der Waals surface area contributed by atoms with Gasteiger partial charge in [-0.05, 0) is 38.0 Å². The lowest BCUT2D eigenvalue weighted by molar-refractivity contribution is -0.140. The van der Waals surface area contributed by atoms with Crippen molar-refractivity contribution in [3.05, 3.63) is 11.6 Å². The summed E-state index contributed by atoms with van der Waals surface area (Å²) in [6, 6.07) is -1.22. The van der Waals surface area contributed by atoms with E-state index in [0.29, 0.717) is 13.0 Å². The molecular formula is C15H26N2O3. The Hall–Kier alpha value is -1.52. The SMILES string of the molecule is CCC(C)[C@@H](NC(=O)NCCC1=CCCCC1)C(=O)O. The van der Waals surface area contributed by atoms with E-state index < -0.39 is 18.0 Å². The summed E-state index contributed by atoms with van der Waals surface area (Å²) in [5.41, 5.74) is 1.40. The lowest BCUT2D eigenvalue weighted by atomic mass is 9.97. The topological polar surface area (TPSA) is 78.4 Å². The predicted octanol–water partition coefficient (Wildman–Crippen LogP) is 2.68. The van der Waals surface area contributed by atoms with Crippen LogP contribution in [0.3, 0.4) is 0 Å². The molecule has 1 unspecified atom stereocenters. The number of carbonyl (C=O) groups is 2. The number of aliphatic carboxylic acids is 1. The van der Waals surface area contributed by atoms with Gasteiger partial charge in [0.2, 0.25) is 0 Å². The van der Waals surface area contributed by atoms with Crippen LogP contribution in [0.25, 0.3) is 0 Å². The average molecular weight is 282 g/mol. The largest absolute Gasteiger partial charge is 0.480 e. The third kappa shape index (κ3) is 5.63. The maximum Gasteiger partial charge on any atom is 0.326 e. The fraction of sp³-hybridized carbons (Fsp3) is 0.733. The highest BCUT2D eigenvalue weighted by molar-refractivity contribution is 5.82. The number of amides is 2. The molecule has 1 rings (SSSR count). The van der Waals surface area contributed by atoms with Crippen LogP contribution >= 0.6 is 0 Å². The van der Waals surface area contributed by atoms with Gasteiger partial charge in [0.05, 0.1) is 0 Å². The zero-order chi connectivity index (χ0) is 15.0. The van der Waals surface area contributed by atoms with Crippen LogP contribution in [-0.2, 0) is 4.79 Å². The lowest BCUT2D eigenvalue weighted by Crippen LogP contribution is -2.49. The van der Waals surface area contributed by atoms with E-state index >= 15 is 0 Å². The van der Waals surface area contributed by atoms with Crippen molar-refractivity contribution < 1.29 is 14.7 Å². The van der Waals surface area contributed by atoms with E-state index in [2.05, 4.69) is 16.7 Å². The normalized spacial score (nSPS) is 17.8. The number of hydrogen-bond acceptors (Lipinski definition) is 2. The summed E-state index contributed by atoms with van der Waals surface area (Å²) in [4.78, 5) is 22.8. The van der Waals surface area contributed by atoms with Gasteiger partial charge in [-0.2, -0.15) is 0 Å². The second-order valence-corrected chi connectivity index (χ2v) is 5.46. The average Bonchev–Trinajstić information content (AvgIpc) is 2.45. The Kier molecular flexibility index (Phi) is 7.12. The van der Waals surface area contributed by atoms with Crippen LogP contribution in [0.15, 0.2) is 11.6 Å². The number of allylic oxidation sites excluding steroid dienone is 1. The first kappa shape index (κ1) is 16.5. The first-order valence-electron chi connectivity index (χ1n) is 7.49. The Labute approximate surface area is 120 Å². The monoisotopic (exact) mass is 282 g/mol. The molecule has 0 heterocycles. The molecule has 3 N–H and O–H groups in total. The highest BCUT2D eigenvalue weighted by atomic mass is 16.4. The van der Waals surface area contributed by atoms with Gasteiger partial charge >= 0.3 is 12.0 Å². The molecule has 0 fully saturated rings. The van der Waals surface area contributed by atoms with Crippen molar-refractivity contribution in [2.75, 3.05) is 6.54 Å². The maximum absolute atomic E-state index is 11.7. The summed E-state index contributed by atoms with van der Waals surface area (Å²) >= 11 is 0. The summed E-state index contributed by atoms with van der Waals surface area (Å²) in [6.45, 7) is 4.30. The number of urea groups is 1. The Morgan fingerprint density at radius 2 is 2.15 bits per heavy atom. The van der Waals surface area contributed by atoms with Crippen LogP contribution in [0.1, 0.15) is 52.4 Å². The van der Waals surface area contributed by atoms with Gasteiger partial charge in [0.15, 0.2) is 0 Å². The third-order valence-electron chi connectivity index (χ3n) is 3.88. The molecule has 1 aliphatic rings. The van der Waals surface area contributed by atoms with Crippen molar-refractivity contribution in [1.29, 1.82) is 0 Å². The van der Waals surface area contributed by atoms with Crippen LogP contribution in [0.4, 0.5) is 4.79 Å². The van der Waals surface area contributed by atoms with Gasteiger partial charge < -0.3 is 15.7 Å². The van der Waals surface area contributed by atoms with Gasteiger partial charge in [-0.15, -0.1) is 0 Å². The minimum absolute atomic E-state index is 0.0840. The van der Waals surface area contributed by atoms with Crippen molar-refractivity contribution in [1.82, 2.24) is 10.6 Å². The highest BCUT2D eigenvalue weighted by Gasteiger charge is 2.24. The van der Waals surface area contributed by atoms with Gasteiger partial charge in [0.1, 0.15) is 6.04 Å². The number of carboxylic acid groups (broad SMARTS) is 1. The number of hydrogen-bond donors (Lipinski definition) is 3. The summed E-state index contributed by atoms with van der Waals surface area (Å²) in [5.74, 6) is -1.07. The quantitative estimate of drug-likeness (QED) is 0.628. The molecule has 0 saturated heterocycles. The minimum Gasteiger partial charge on any atom is -0.480 e. The van der Waals surface area contributed by atoms with E-state index in [9.17, 15) is 9.59 Å². The number of nitrogens with one attached hydrogen (secondary N) is 2. The van der Waals surface area contributed by atoms with Crippen LogP contribution in [0.5, 0.6) is 0 Å². The molecule has 5 nitrogen and oxygen atoms in total. The Morgan fingerprint density at radius 3 is 2.70 bits per heavy atom. The van der Waals surface area contributed by atoms with E-state index in [-0.39, 0.29) is 5.92 Å². The smallest absolute Gasteiger partial charge is 0.326 e. The van der Waals surface area contributed by atoms with Crippen molar-refractivity contribution in [2.24, 2.45) is 5.92 Å². The molecule has 0 radical (unpaired) electrons. The van der Waals surface area contributed by atoms with Crippen LogP contribution in [0, 0.1) is 5.92 Å². The molecule has 0 aromatic carbocycles. The van der Waals surface area contributed by atoms with E-state index in [1.54, 1.807) is 0 Å². The standard InChI is InChI=1S/C15H26N2O3/c1-3-11(2)13(14(18)19)17-15(20)16-10-9-12-7-5-4-6-8-12/h7,11,13H,3-6,8-10H2,1-2H3,(H,18,19)(H2,16,17,20)/t11?,13-/m1/s1. The Bertz CT molecular complexity index is 366. The number of carboxylic acids is 1. The van der Waals surface area contributed by atoms with Gasteiger partial charge in [-0.25, -0.2) is 9.59 Å². The summed E-state index contributed by atoms with van der Waals surface area (Å²) in [6.07, 6.45) is 8.56. The van der Waals surface area contributed by atoms with Crippen molar-refractivity contribution in [3.8, 4) is 0 Å². The fourth-order valence-corrected chi connectivity index (χ4v) is 2.34. The maximum atomic E-state index is 11.7. The molecule has 5 heteroatoms. The highest BCUT2D eigenvalue weighted by Crippen LogP contribution is 2.19. The zero-order valence-electron chi connectivity index (χ0n) is 12.4. The van der Waals surface area contributed by atoms with Gasteiger partial charge in [0, 0.05) is 6.54 Å². The second-order valence-electron chi connectivity index (χ2n) is 5.46. The number of rotatable bonds is 7. The van der Waals surface area contributed by atoms with Crippen molar-refractivity contribution in [3.63, 3.8) is 0 Å². The molecule has 0 aromatic heterocycles. The zero-order valence-corrected chi connectivity index (χ0v) is 12.4. The lowest BCUT2D eigenvalue weighted by Gasteiger charge is -2.20. The molecule has 114 valence electrons. The molecule has 2 atom stereocenters. The van der Waals surface area contributed by atoms with Crippen molar-refractivity contribution in [2.45, 2.75) is 58.4 Å². The summed E-state index contributed by atoms with van der Waals surface area (Å²) in [7, 11) is 0. The molecule has 2 amide bonds. The Morgan fingerprint density at radius 1 is 1.40 bits per heavy atom. The molecule has 20 heavy (non-hydrogen) atoms. The molecule has 0 spiro atoms. The van der Waals surface area contributed by atoms with Gasteiger partial charge in [-0.3, -0.25) is 0 Å². The fourth-order valence-electron chi connectivity index (χ4n) is 2.34. The number of carbonyl (C=O) groups excluding carboxylic acids is 1. The third-order valence-corrected chi connectivity index (χ3v) is 3.88. The van der Waals surface area contributed by atoms with E-state index in [1.807, 2.05) is 13.8 Å². The van der Waals surface area contributed by atoms with Crippen LogP contribution in [-0.4, -0.2) is 29.7 Å². The van der Waals surface area contributed by atoms with Gasteiger partial charge in [0.25, 0.3) is 0 Å². The molecule has 0 bridgehead atoms. The summed E-state index contributed by atoms with van der Waals surface area (Å²) in [5, 5.41) is 14.4. The first-order valence-corrected chi connectivity index (χ1v) is 7.49. The van der Waals surface area contributed by atoms with Crippen LogP contribution < -0.4 is 10.6 Å². The van der Waals surface area contributed by atoms with Crippen LogP contribution in [0.2, 0.25) is 0 Å². The molecular weight excluding hydrogens is 256 g/mol. The molecule has 0 aliphatic heterocycles. The summed E-state index contributed by atoms with van der Waals surface area (Å²) < 4.78 is 0. The minimum atomic E-state index is -0.982. The van der Waals surface area contributed by atoms with Gasteiger partial charge in [-0.1, -0.05) is 31.9 Å². The Balaban J connectivity index is 2.31. The molecule has 0 aromatic rings. The predicted molar refractivity (Wildman–Crippen MR) is 78.6 cm³/mol. The second kappa shape index (κ2) is 8.61.